The van der Waals surface area contributed by atoms with Gasteiger partial charge in [-0.15, -0.1) is 0 Å². The molecular formula is C15H27NO2. The number of carbonyl (C=O) groups is 1. The molecule has 0 aromatic carbocycles. The Labute approximate surface area is 111 Å². The molecule has 0 radical (unpaired) electrons. The van der Waals surface area contributed by atoms with Gasteiger partial charge in [-0.1, -0.05) is 38.8 Å². The molecule has 0 unspecified atom stereocenters. The molecule has 18 heavy (non-hydrogen) atoms. The zero-order valence-electron chi connectivity index (χ0n) is 12.5. The zero-order valence-corrected chi connectivity index (χ0v) is 12.5. The topological polar surface area (TPSA) is 29.5 Å². The summed E-state index contributed by atoms with van der Waals surface area (Å²) in [7, 11) is 0. The van der Waals surface area contributed by atoms with Crippen molar-refractivity contribution < 1.29 is 9.53 Å². The second-order valence-electron chi connectivity index (χ2n) is 6.02. The van der Waals surface area contributed by atoms with Crippen LogP contribution in [-0.2, 0) is 4.74 Å². The lowest BCUT2D eigenvalue weighted by molar-refractivity contribution is 0.00887. The van der Waals surface area contributed by atoms with Crippen LogP contribution in [0, 0.1) is 5.92 Å². The number of hydrogen-bond donors (Lipinski definition) is 0. The van der Waals surface area contributed by atoms with E-state index >= 15 is 0 Å². The summed E-state index contributed by atoms with van der Waals surface area (Å²) in [5.74, 6) is 0.504. The molecule has 1 heterocycles. The first-order chi connectivity index (χ1) is 8.35. The normalized spacial score (nSPS) is 16.8. The summed E-state index contributed by atoms with van der Waals surface area (Å²) >= 11 is 0. The van der Waals surface area contributed by atoms with Crippen LogP contribution < -0.4 is 0 Å². The molecule has 1 rings (SSSR count). The highest BCUT2D eigenvalue weighted by molar-refractivity contribution is 5.68. The van der Waals surface area contributed by atoms with Crippen LogP contribution in [0.1, 0.15) is 53.9 Å². The van der Waals surface area contributed by atoms with Gasteiger partial charge in [-0.05, 0) is 32.6 Å². The first-order valence-electron chi connectivity index (χ1n) is 7.02. The van der Waals surface area contributed by atoms with Crippen molar-refractivity contribution >= 4 is 6.09 Å². The molecule has 0 N–H and O–H groups in total. The monoisotopic (exact) mass is 253 g/mol. The summed E-state index contributed by atoms with van der Waals surface area (Å²) in [5.41, 5.74) is 0.983. The first kappa shape index (κ1) is 15.1. The van der Waals surface area contributed by atoms with Crippen molar-refractivity contribution in [2.24, 2.45) is 5.92 Å². The number of ether oxygens (including phenoxy) is 1. The molecule has 1 aliphatic heterocycles. The molecule has 0 atom stereocenters. The van der Waals surface area contributed by atoms with Gasteiger partial charge in [0.05, 0.1) is 0 Å². The molecular weight excluding hydrogens is 226 g/mol. The van der Waals surface area contributed by atoms with E-state index in [0.29, 0.717) is 5.92 Å². The van der Waals surface area contributed by atoms with Crippen LogP contribution in [0.25, 0.3) is 0 Å². The lowest BCUT2D eigenvalue weighted by atomic mass is 9.99. The number of rotatable bonds is 4. The molecule has 0 bridgehead atoms. The maximum atomic E-state index is 12.1. The largest absolute Gasteiger partial charge is 0.443 e. The third-order valence-corrected chi connectivity index (χ3v) is 3.39. The maximum Gasteiger partial charge on any atom is 0.410 e. The fourth-order valence-electron chi connectivity index (χ4n) is 2.30. The van der Waals surface area contributed by atoms with Crippen LogP contribution in [0.5, 0.6) is 0 Å². The molecule has 0 spiro atoms. The molecule has 3 nitrogen and oxygen atoms in total. The maximum absolute atomic E-state index is 12.1. The number of hydrogen-bond acceptors (Lipinski definition) is 2. The fraction of sp³-hybridized carbons (Fsp3) is 0.800. The van der Waals surface area contributed by atoms with E-state index in [1.807, 2.05) is 18.7 Å². The van der Waals surface area contributed by atoms with Crippen molar-refractivity contribution in [1.29, 1.82) is 0 Å². The number of nitrogens with zero attached hydrogens (tertiary/aromatic N) is 1. The average Bonchev–Trinajstić information content (AvgIpc) is 2.28. The predicted molar refractivity (Wildman–Crippen MR) is 74.6 cm³/mol. The second-order valence-corrected chi connectivity index (χ2v) is 6.02. The minimum absolute atomic E-state index is 0.167. The standard InChI is InChI=1S/C15H27NO2/c1-6-9-15(4,5)18-14(17)16-10-7-8-13(11-16)12(2)3/h8,12H,6-7,9-11H2,1-5H3. The molecule has 1 amide bonds. The quantitative estimate of drug-likeness (QED) is 0.709. The van der Waals surface area contributed by atoms with Gasteiger partial charge in [0.1, 0.15) is 5.60 Å². The van der Waals surface area contributed by atoms with Gasteiger partial charge in [0, 0.05) is 13.1 Å². The van der Waals surface area contributed by atoms with E-state index in [1.165, 1.54) is 5.57 Å². The summed E-state index contributed by atoms with van der Waals surface area (Å²) in [5, 5.41) is 0. The SMILES string of the molecule is CCCC(C)(C)OC(=O)N1CCC=C(C(C)C)C1. The van der Waals surface area contributed by atoms with Gasteiger partial charge in [0.2, 0.25) is 0 Å². The smallest absolute Gasteiger partial charge is 0.410 e. The highest BCUT2D eigenvalue weighted by atomic mass is 16.6. The third-order valence-electron chi connectivity index (χ3n) is 3.39. The summed E-state index contributed by atoms with van der Waals surface area (Å²) in [6.45, 7) is 11.9. The van der Waals surface area contributed by atoms with Gasteiger partial charge in [0.25, 0.3) is 0 Å². The van der Waals surface area contributed by atoms with E-state index in [-0.39, 0.29) is 11.7 Å². The van der Waals surface area contributed by atoms with Crippen molar-refractivity contribution in [3.05, 3.63) is 11.6 Å². The van der Waals surface area contributed by atoms with E-state index in [9.17, 15) is 4.79 Å². The molecule has 1 aliphatic rings. The Kier molecular flexibility index (Phi) is 5.24. The molecule has 0 fully saturated rings. The summed E-state index contributed by atoms with van der Waals surface area (Å²) in [6, 6.07) is 0. The van der Waals surface area contributed by atoms with Gasteiger partial charge in [-0.3, -0.25) is 0 Å². The molecule has 0 saturated carbocycles. The van der Waals surface area contributed by atoms with Gasteiger partial charge >= 0.3 is 6.09 Å². The average molecular weight is 253 g/mol. The van der Waals surface area contributed by atoms with Gasteiger partial charge in [-0.2, -0.15) is 0 Å². The number of carbonyl (C=O) groups excluding carboxylic acids is 1. The highest BCUT2D eigenvalue weighted by Crippen LogP contribution is 2.22. The summed E-state index contributed by atoms with van der Waals surface area (Å²) in [4.78, 5) is 14.0. The van der Waals surface area contributed by atoms with Crippen LogP contribution in [0.4, 0.5) is 4.79 Å². The Morgan fingerprint density at radius 3 is 2.72 bits per heavy atom. The van der Waals surface area contributed by atoms with E-state index in [0.717, 1.165) is 32.4 Å². The second kappa shape index (κ2) is 6.26. The lowest BCUT2D eigenvalue weighted by Gasteiger charge is -2.32. The van der Waals surface area contributed by atoms with Crippen molar-refractivity contribution in [3.63, 3.8) is 0 Å². The molecule has 0 aromatic heterocycles. The van der Waals surface area contributed by atoms with E-state index in [1.54, 1.807) is 0 Å². The van der Waals surface area contributed by atoms with Crippen molar-refractivity contribution in [3.8, 4) is 0 Å². The van der Waals surface area contributed by atoms with Gasteiger partial charge in [-0.25, -0.2) is 4.79 Å². The zero-order chi connectivity index (χ0) is 13.8. The Morgan fingerprint density at radius 2 is 2.17 bits per heavy atom. The van der Waals surface area contributed by atoms with Crippen molar-refractivity contribution in [2.75, 3.05) is 13.1 Å². The molecule has 3 heteroatoms. The predicted octanol–water partition coefficient (Wildman–Crippen LogP) is 3.99. The van der Waals surface area contributed by atoms with Crippen LogP contribution in [-0.4, -0.2) is 29.7 Å². The third kappa shape index (κ3) is 4.35. The highest BCUT2D eigenvalue weighted by Gasteiger charge is 2.27. The minimum Gasteiger partial charge on any atom is -0.443 e. The summed E-state index contributed by atoms with van der Waals surface area (Å²) in [6.07, 6.45) is 4.96. The molecule has 0 aromatic rings. The fourth-order valence-corrected chi connectivity index (χ4v) is 2.30. The Hall–Kier alpha value is -0.990. The molecule has 0 aliphatic carbocycles. The van der Waals surface area contributed by atoms with E-state index < -0.39 is 0 Å². The van der Waals surface area contributed by atoms with Crippen LogP contribution in [0.2, 0.25) is 0 Å². The van der Waals surface area contributed by atoms with Crippen LogP contribution >= 0.6 is 0 Å². The van der Waals surface area contributed by atoms with Crippen molar-refractivity contribution in [2.45, 2.75) is 59.5 Å². The van der Waals surface area contributed by atoms with E-state index in [4.69, 9.17) is 4.74 Å². The molecule has 104 valence electrons. The summed E-state index contributed by atoms with van der Waals surface area (Å²) < 4.78 is 5.61. The van der Waals surface area contributed by atoms with Crippen LogP contribution in [0.15, 0.2) is 11.6 Å². The van der Waals surface area contributed by atoms with Gasteiger partial charge in [0.15, 0.2) is 0 Å². The van der Waals surface area contributed by atoms with Crippen molar-refractivity contribution in [1.82, 2.24) is 4.90 Å². The van der Waals surface area contributed by atoms with E-state index in [2.05, 4.69) is 26.8 Å². The van der Waals surface area contributed by atoms with Crippen LogP contribution in [0.3, 0.4) is 0 Å². The Morgan fingerprint density at radius 1 is 1.50 bits per heavy atom. The van der Waals surface area contributed by atoms with Gasteiger partial charge < -0.3 is 9.64 Å². The first-order valence-corrected chi connectivity index (χ1v) is 7.02. The Bertz CT molecular complexity index is 318. The lowest BCUT2D eigenvalue weighted by Crippen LogP contribution is -2.41. The Balaban J connectivity index is 2.56. The number of amides is 1. The molecule has 0 saturated heterocycles. The minimum atomic E-state index is -0.356.